The van der Waals surface area contributed by atoms with E-state index in [2.05, 4.69) is 25.3 Å². The van der Waals surface area contributed by atoms with Crippen molar-refractivity contribution in [1.29, 1.82) is 0 Å². The number of nitrogens with zero attached hydrogens (tertiary/aromatic N) is 4. The van der Waals surface area contributed by atoms with Crippen molar-refractivity contribution in [3.8, 4) is 5.88 Å². The molecule has 7 nitrogen and oxygen atoms in total. The molecule has 3 N–H and O–H groups in total. The number of hydrogen-bond donors (Lipinski definition) is 2. The number of hydrogen-bond acceptors (Lipinski definition) is 7. The van der Waals surface area contributed by atoms with Gasteiger partial charge in [0.1, 0.15) is 5.52 Å². The minimum Gasteiger partial charge on any atom is -0.480 e. The Balaban J connectivity index is 1.98. The molecule has 0 bridgehead atoms. The van der Waals surface area contributed by atoms with Gasteiger partial charge in [-0.15, -0.1) is 0 Å². The molecule has 0 aliphatic carbocycles. The maximum Gasteiger partial charge on any atom is 0.253 e. The zero-order valence-corrected chi connectivity index (χ0v) is 18.2. The third-order valence-electron chi connectivity index (χ3n) is 4.57. The Bertz CT molecular complexity index is 1160. The van der Waals surface area contributed by atoms with Gasteiger partial charge in [-0.05, 0) is 31.0 Å². The molecule has 1 atom stereocenters. The number of fused-ring (bicyclic) bond motifs is 1. The van der Waals surface area contributed by atoms with E-state index in [-0.39, 0.29) is 22.2 Å². The van der Waals surface area contributed by atoms with Crippen molar-refractivity contribution in [2.75, 3.05) is 19.5 Å². The van der Waals surface area contributed by atoms with Crippen LogP contribution in [-0.4, -0.2) is 45.4 Å². The van der Waals surface area contributed by atoms with Crippen molar-refractivity contribution in [3.63, 3.8) is 0 Å². The van der Waals surface area contributed by atoms with E-state index in [0.717, 1.165) is 6.07 Å². The fraction of sp³-hybridized carbons (Fsp3) is 0.300. The second-order valence-corrected chi connectivity index (χ2v) is 8.50. The Morgan fingerprint density at radius 1 is 1.31 bits per heavy atom. The first-order valence-corrected chi connectivity index (χ1v) is 10.1. The lowest BCUT2D eigenvalue weighted by Crippen LogP contribution is -2.36. The number of anilines is 2. The van der Waals surface area contributed by atoms with Gasteiger partial charge in [-0.2, -0.15) is 0 Å². The molecular weight excluding hydrogens is 448 g/mol. The lowest BCUT2D eigenvalue weighted by Gasteiger charge is -2.28. The van der Waals surface area contributed by atoms with Gasteiger partial charge in [0, 0.05) is 25.0 Å². The summed E-state index contributed by atoms with van der Waals surface area (Å²) in [5.74, 6) is -1.89. The Morgan fingerprint density at radius 2 is 2.06 bits per heavy atom. The van der Waals surface area contributed by atoms with Crippen LogP contribution in [0.1, 0.15) is 12.5 Å². The molecule has 0 aliphatic heterocycles. The summed E-state index contributed by atoms with van der Waals surface area (Å²) in [7, 11) is 2.80. The molecule has 0 aliphatic rings. The number of nitrogens with two attached hydrogens (primary N) is 1. The van der Waals surface area contributed by atoms with Crippen LogP contribution in [0, 0.1) is 11.6 Å². The number of ether oxygens (including phenoxy) is 1. The maximum absolute atomic E-state index is 14.5. The molecule has 0 spiro atoms. The smallest absolute Gasteiger partial charge is 0.253 e. The van der Waals surface area contributed by atoms with Crippen LogP contribution in [0.25, 0.3) is 11.0 Å². The SMILES string of the molecule is C/N=C(/N)S[C@](C)(Cc1cc(Nc2nccc3nc(OC)cnc23)cc(F)c1F)C(F)F. The first kappa shape index (κ1) is 23.5. The average Bonchev–Trinajstić information content (AvgIpc) is 2.76. The number of methoxy groups -OCH3 is 1. The molecule has 0 saturated heterocycles. The van der Waals surface area contributed by atoms with Crippen molar-refractivity contribution in [1.82, 2.24) is 15.0 Å². The molecule has 3 aromatic rings. The van der Waals surface area contributed by atoms with Crippen molar-refractivity contribution < 1.29 is 22.3 Å². The topological polar surface area (TPSA) is 98.3 Å². The Morgan fingerprint density at radius 3 is 2.72 bits per heavy atom. The number of amidine groups is 1. The molecule has 2 heterocycles. The first-order valence-electron chi connectivity index (χ1n) is 9.27. The van der Waals surface area contributed by atoms with E-state index in [1.54, 1.807) is 6.07 Å². The fourth-order valence-electron chi connectivity index (χ4n) is 2.92. The van der Waals surface area contributed by atoms with E-state index < -0.39 is 29.2 Å². The van der Waals surface area contributed by atoms with Crippen LogP contribution in [0.2, 0.25) is 0 Å². The second kappa shape index (κ2) is 9.55. The quantitative estimate of drug-likeness (QED) is 0.303. The van der Waals surface area contributed by atoms with Gasteiger partial charge in [0.05, 0.1) is 23.6 Å². The van der Waals surface area contributed by atoms with E-state index >= 15 is 0 Å². The summed E-state index contributed by atoms with van der Waals surface area (Å²) < 4.78 is 59.6. The van der Waals surface area contributed by atoms with Gasteiger partial charge >= 0.3 is 0 Å². The van der Waals surface area contributed by atoms with Gasteiger partial charge in [0.2, 0.25) is 5.88 Å². The fourth-order valence-corrected chi connectivity index (χ4v) is 3.81. The highest BCUT2D eigenvalue weighted by atomic mass is 32.2. The Hall–Kier alpha value is -3.15. The van der Waals surface area contributed by atoms with Gasteiger partial charge in [0.15, 0.2) is 22.6 Å². The number of halogens is 4. The van der Waals surface area contributed by atoms with Crippen LogP contribution in [0.3, 0.4) is 0 Å². The Labute approximate surface area is 185 Å². The first-order chi connectivity index (χ1) is 15.2. The van der Waals surface area contributed by atoms with Gasteiger partial charge in [-0.1, -0.05) is 11.8 Å². The van der Waals surface area contributed by atoms with Crippen LogP contribution < -0.4 is 15.8 Å². The lowest BCUT2D eigenvalue weighted by atomic mass is 9.99. The van der Waals surface area contributed by atoms with Crippen LogP contribution in [0.5, 0.6) is 5.88 Å². The van der Waals surface area contributed by atoms with E-state index in [4.69, 9.17) is 10.5 Å². The number of rotatable bonds is 7. The molecule has 0 fully saturated rings. The zero-order chi connectivity index (χ0) is 23.5. The monoisotopic (exact) mass is 468 g/mol. The van der Waals surface area contributed by atoms with Crippen molar-refractivity contribution >= 4 is 39.5 Å². The van der Waals surface area contributed by atoms with Gasteiger partial charge in [0.25, 0.3) is 6.43 Å². The summed E-state index contributed by atoms with van der Waals surface area (Å²) in [5, 5.41) is 2.77. The minimum atomic E-state index is -2.88. The van der Waals surface area contributed by atoms with Crippen molar-refractivity contribution in [3.05, 3.63) is 47.8 Å². The summed E-state index contributed by atoms with van der Waals surface area (Å²) in [4.78, 5) is 16.3. The van der Waals surface area contributed by atoms with Crippen LogP contribution in [-0.2, 0) is 6.42 Å². The molecule has 0 radical (unpaired) electrons. The molecule has 0 saturated carbocycles. The third-order valence-corrected chi connectivity index (χ3v) is 5.75. The molecule has 0 unspecified atom stereocenters. The van der Waals surface area contributed by atoms with Gasteiger partial charge in [-0.3, -0.25) is 4.99 Å². The van der Waals surface area contributed by atoms with Crippen LogP contribution in [0.4, 0.5) is 29.1 Å². The van der Waals surface area contributed by atoms with Crippen molar-refractivity contribution in [2.24, 2.45) is 10.7 Å². The standard InChI is InChI=1S/C20H20F4N6OS/c1-20(18(23)24,32-19(25)26-2)8-10-6-11(7-12(21)15(10)22)29-17-16-13(4-5-27-17)30-14(31-3)9-28-16/h4-7,9,18H,8H2,1-3H3,(H2,25,26)(H,27,29)/t20-/m1/s1. The summed E-state index contributed by atoms with van der Waals surface area (Å²) in [6.07, 6.45) is -0.533. The largest absolute Gasteiger partial charge is 0.480 e. The summed E-state index contributed by atoms with van der Waals surface area (Å²) in [5.41, 5.74) is 6.27. The predicted octanol–water partition coefficient (Wildman–Crippen LogP) is 4.30. The number of pyridine rings is 1. The summed E-state index contributed by atoms with van der Waals surface area (Å²) in [6.45, 7) is 1.22. The Kier molecular flexibility index (Phi) is 7.02. The maximum atomic E-state index is 14.5. The zero-order valence-electron chi connectivity index (χ0n) is 17.4. The van der Waals surface area contributed by atoms with Crippen LogP contribution in [0.15, 0.2) is 35.6 Å². The van der Waals surface area contributed by atoms with E-state index in [9.17, 15) is 17.6 Å². The normalized spacial score (nSPS) is 13.9. The van der Waals surface area contributed by atoms with E-state index in [0.29, 0.717) is 28.7 Å². The number of aliphatic imine (C=N–C) groups is 1. The van der Waals surface area contributed by atoms with E-state index in [1.165, 1.54) is 39.5 Å². The van der Waals surface area contributed by atoms with E-state index in [1.807, 2.05) is 0 Å². The lowest BCUT2D eigenvalue weighted by molar-refractivity contribution is 0.106. The van der Waals surface area contributed by atoms with Crippen molar-refractivity contribution in [2.45, 2.75) is 24.5 Å². The number of nitrogens with one attached hydrogen (secondary N) is 1. The molecule has 12 heteroatoms. The molecule has 170 valence electrons. The summed E-state index contributed by atoms with van der Waals surface area (Å²) >= 11 is 0.605. The molecular formula is C20H20F4N6OS. The van der Waals surface area contributed by atoms with Crippen LogP contribution >= 0.6 is 11.8 Å². The molecule has 1 aromatic carbocycles. The number of aromatic nitrogens is 3. The second-order valence-electron chi connectivity index (χ2n) is 6.95. The number of benzene rings is 1. The highest BCUT2D eigenvalue weighted by molar-refractivity contribution is 8.15. The molecule has 3 rings (SSSR count). The summed E-state index contributed by atoms with van der Waals surface area (Å²) in [6, 6.07) is 3.76. The predicted molar refractivity (Wildman–Crippen MR) is 117 cm³/mol. The highest BCUT2D eigenvalue weighted by Gasteiger charge is 2.38. The molecule has 32 heavy (non-hydrogen) atoms. The third kappa shape index (κ3) is 5.01. The van der Waals surface area contributed by atoms with Gasteiger partial charge < -0.3 is 15.8 Å². The van der Waals surface area contributed by atoms with Gasteiger partial charge in [-0.25, -0.2) is 32.5 Å². The molecule has 0 amide bonds. The molecule has 2 aromatic heterocycles. The minimum absolute atomic E-state index is 0.0862. The number of thioether (sulfide) groups is 1. The number of alkyl halides is 2. The highest BCUT2D eigenvalue weighted by Crippen LogP contribution is 2.37. The average molecular weight is 468 g/mol.